The van der Waals surface area contributed by atoms with Crippen molar-refractivity contribution in [1.29, 1.82) is 0 Å². The quantitative estimate of drug-likeness (QED) is 0.879. The molecule has 0 aromatic carbocycles. The number of rotatable bonds is 2. The molecule has 19 heavy (non-hydrogen) atoms. The molecule has 1 unspecified atom stereocenters. The van der Waals surface area contributed by atoms with Crippen molar-refractivity contribution in [2.24, 2.45) is 0 Å². The Labute approximate surface area is 112 Å². The first-order valence-electron chi connectivity index (χ1n) is 6.76. The molecule has 102 valence electrons. The van der Waals surface area contributed by atoms with E-state index in [1.54, 1.807) is 10.8 Å². The van der Waals surface area contributed by atoms with E-state index in [1.165, 1.54) is 0 Å². The largest absolute Gasteiger partial charge is 0.388 e. The zero-order valence-electron chi connectivity index (χ0n) is 11.4. The lowest BCUT2D eigenvalue weighted by Gasteiger charge is -2.39. The molecule has 3 rings (SSSR count). The number of piperidine rings is 1. The Hall–Kier alpha value is -1.69. The predicted molar refractivity (Wildman–Crippen MR) is 72.2 cm³/mol. The highest BCUT2D eigenvalue weighted by Gasteiger charge is 2.32. The second-order valence-electron chi connectivity index (χ2n) is 5.37. The van der Waals surface area contributed by atoms with Gasteiger partial charge >= 0.3 is 0 Å². The SMILES string of the molecule is CCC1(O)CCCN(c2cc(C)nn3cnnc23)C1. The van der Waals surface area contributed by atoms with Gasteiger partial charge in [-0.3, -0.25) is 0 Å². The topological polar surface area (TPSA) is 66.5 Å². The van der Waals surface area contributed by atoms with Crippen LogP contribution in [0.3, 0.4) is 0 Å². The van der Waals surface area contributed by atoms with Gasteiger partial charge in [0, 0.05) is 13.1 Å². The Bertz CT molecular complexity index is 596. The highest BCUT2D eigenvalue weighted by atomic mass is 16.3. The minimum atomic E-state index is -0.591. The van der Waals surface area contributed by atoms with Crippen molar-refractivity contribution in [3.8, 4) is 0 Å². The summed E-state index contributed by atoms with van der Waals surface area (Å²) in [7, 11) is 0. The fourth-order valence-corrected chi connectivity index (χ4v) is 2.77. The third-order valence-electron chi connectivity index (χ3n) is 3.92. The molecule has 1 fully saturated rings. The van der Waals surface area contributed by atoms with E-state index < -0.39 is 5.60 Å². The Morgan fingerprint density at radius 1 is 1.47 bits per heavy atom. The van der Waals surface area contributed by atoms with E-state index in [0.717, 1.165) is 42.8 Å². The van der Waals surface area contributed by atoms with Crippen LogP contribution < -0.4 is 4.90 Å². The second kappa shape index (κ2) is 4.45. The van der Waals surface area contributed by atoms with Gasteiger partial charge in [-0.1, -0.05) is 6.92 Å². The maximum absolute atomic E-state index is 10.5. The molecule has 0 spiro atoms. The molecular weight excluding hydrogens is 242 g/mol. The number of fused-ring (bicyclic) bond motifs is 1. The smallest absolute Gasteiger partial charge is 0.200 e. The fraction of sp³-hybridized carbons (Fsp3) is 0.615. The van der Waals surface area contributed by atoms with Crippen LogP contribution >= 0.6 is 0 Å². The molecule has 1 saturated heterocycles. The minimum Gasteiger partial charge on any atom is -0.388 e. The molecule has 0 bridgehead atoms. The van der Waals surface area contributed by atoms with E-state index in [0.29, 0.717) is 6.54 Å². The molecule has 3 heterocycles. The maximum Gasteiger partial charge on any atom is 0.200 e. The number of hydrogen-bond donors (Lipinski definition) is 1. The van der Waals surface area contributed by atoms with Gasteiger partial charge in [-0.2, -0.15) is 9.61 Å². The summed E-state index contributed by atoms with van der Waals surface area (Å²) in [5.41, 5.74) is 2.10. The molecule has 6 heteroatoms. The van der Waals surface area contributed by atoms with Crippen LogP contribution in [0.2, 0.25) is 0 Å². The van der Waals surface area contributed by atoms with Gasteiger partial charge in [0.25, 0.3) is 0 Å². The van der Waals surface area contributed by atoms with Crippen LogP contribution in [0, 0.1) is 6.92 Å². The van der Waals surface area contributed by atoms with Gasteiger partial charge in [0.15, 0.2) is 0 Å². The average molecular weight is 261 g/mol. The number of aliphatic hydroxyl groups is 1. The predicted octanol–water partition coefficient (Wildman–Crippen LogP) is 1.17. The third-order valence-corrected chi connectivity index (χ3v) is 3.92. The van der Waals surface area contributed by atoms with Crippen molar-refractivity contribution < 1.29 is 5.11 Å². The van der Waals surface area contributed by atoms with E-state index in [9.17, 15) is 5.11 Å². The lowest BCUT2D eigenvalue weighted by molar-refractivity contribution is 0.0223. The molecule has 1 aliphatic heterocycles. The third kappa shape index (κ3) is 2.16. The van der Waals surface area contributed by atoms with Gasteiger partial charge in [0.05, 0.1) is 17.0 Å². The molecule has 0 radical (unpaired) electrons. The summed E-state index contributed by atoms with van der Waals surface area (Å²) in [4.78, 5) is 2.20. The van der Waals surface area contributed by atoms with Crippen molar-refractivity contribution in [3.05, 3.63) is 18.1 Å². The molecule has 0 amide bonds. The standard InChI is InChI=1S/C13H19N5O/c1-3-13(19)5-4-6-17(8-13)11-7-10(2)16-18-9-14-15-12(11)18/h7,9,19H,3-6,8H2,1-2H3. The van der Waals surface area contributed by atoms with Crippen molar-refractivity contribution in [2.75, 3.05) is 18.0 Å². The summed E-state index contributed by atoms with van der Waals surface area (Å²) in [5.74, 6) is 0. The van der Waals surface area contributed by atoms with E-state index >= 15 is 0 Å². The van der Waals surface area contributed by atoms with E-state index in [-0.39, 0.29) is 0 Å². The lowest BCUT2D eigenvalue weighted by Crippen LogP contribution is -2.48. The van der Waals surface area contributed by atoms with E-state index in [2.05, 4.69) is 20.2 Å². The van der Waals surface area contributed by atoms with Crippen LogP contribution in [-0.4, -0.2) is 43.6 Å². The van der Waals surface area contributed by atoms with Crippen LogP contribution in [-0.2, 0) is 0 Å². The van der Waals surface area contributed by atoms with Crippen LogP contribution in [0.15, 0.2) is 12.4 Å². The summed E-state index contributed by atoms with van der Waals surface area (Å²) in [6.07, 6.45) is 4.25. The van der Waals surface area contributed by atoms with Gasteiger partial charge in [0.1, 0.15) is 6.33 Å². The number of aromatic nitrogens is 4. The zero-order chi connectivity index (χ0) is 13.5. The highest BCUT2D eigenvalue weighted by Crippen LogP contribution is 2.30. The summed E-state index contributed by atoms with van der Waals surface area (Å²) in [6.45, 7) is 5.58. The van der Waals surface area contributed by atoms with E-state index in [4.69, 9.17) is 0 Å². The number of nitrogens with zero attached hydrogens (tertiary/aromatic N) is 5. The van der Waals surface area contributed by atoms with Crippen LogP contribution in [0.25, 0.3) is 5.65 Å². The number of anilines is 1. The maximum atomic E-state index is 10.5. The first-order valence-corrected chi connectivity index (χ1v) is 6.76. The van der Waals surface area contributed by atoms with Gasteiger partial charge in [0.2, 0.25) is 5.65 Å². The summed E-state index contributed by atoms with van der Waals surface area (Å²) in [6, 6.07) is 2.02. The number of β-amino-alcohol motifs (C(OH)–C–C–N with tert-alkyl or cyclic N) is 1. The number of hydrogen-bond acceptors (Lipinski definition) is 5. The molecule has 2 aromatic heterocycles. The summed E-state index contributed by atoms with van der Waals surface area (Å²) >= 11 is 0. The van der Waals surface area contributed by atoms with Crippen molar-refractivity contribution in [1.82, 2.24) is 19.8 Å². The second-order valence-corrected chi connectivity index (χ2v) is 5.37. The Kier molecular flexibility index (Phi) is 2.89. The van der Waals surface area contributed by atoms with Gasteiger partial charge in [-0.15, -0.1) is 10.2 Å². The molecule has 1 aliphatic rings. The zero-order valence-corrected chi connectivity index (χ0v) is 11.4. The van der Waals surface area contributed by atoms with Crippen molar-refractivity contribution in [3.63, 3.8) is 0 Å². The molecule has 6 nitrogen and oxygen atoms in total. The first-order chi connectivity index (χ1) is 9.11. The Morgan fingerprint density at radius 2 is 2.32 bits per heavy atom. The van der Waals surface area contributed by atoms with Gasteiger partial charge in [-0.05, 0) is 32.3 Å². The van der Waals surface area contributed by atoms with Gasteiger partial charge < -0.3 is 10.0 Å². The molecular formula is C13H19N5O. The minimum absolute atomic E-state index is 0.591. The first kappa shape index (κ1) is 12.3. The van der Waals surface area contributed by atoms with E-state index in [1.807, 2.05) is 19.9 Å². The molecule has 2 aromatic rings. The number of aryl methyl sites for hydroxylation is 1. The van der Waals surface area contributed by atoms with Crippen molar-refractivity contribution >= 4 is 11.3 Å². The normalized spacial score (nSPS) is 24.1. The lowest BCUT2D eigenvalue weighted by atomic mass is 9.90. The molecule has 1 atom stereocenters. The van der Waals surface area contributed by atoms with Crippen LogP contribution in [0.1, 0.15) is 31.9 Å². The van der Waals surface area contributed by atoms with Crippen LogP contribution in [0.5, 0.6) is 0 Å². The fourth-order valence-electron chi connectivity index (χ4n) is 2.77. The molecule has 0 aliphatic carbocycles. The highest BCUT2D eigenvalue weighted by molar-refractivity contribution is 5.68. The average Bonchev–Trinajstić information content (AvgIpc) is 2.86. The van der Waals surface area contributed by atoms with Crippen LogP contribution in [0.4, 0.5) is 5.69 Å². The Morgan fingerprint density at radius 3 is 3.11 bits per heavy atom. The molecule has 1 N–H and O–H groups in total. The molecule has 0 saturated carbocycles. The van der Waals surface area contributed by atoms with Gasteiger partial charge in [-0.25, -0.2) is 0 Å². The monoisotopic (exact) mass is 261 g/mol. The van der Waals surface area contributed by atoms with Crippen molar-refractivity contribution in [2.45, 2.75) is 38.7 Å². The summed E-state index contributed by atoms with van der Waals surface area (Å²) in [5, 5.41) is 22.9. The Balaban J connectivity index is 2.01. The summed E-state index contributed by atoms with van der Waals surface area (Å²) < 4.78 is 1.70.